The van der Waals surface area contributed by atoms with E-state index >= 15 is 0 Å². The van der Waals surface area contributed by atoms with E-state index in [4.69, 9.17) is 13.9 Å². The Morgan fingerprint density at radius 1 is 1.11 bits per heavy atom. The molecule has 1 aliphatic rings. The molecule has 3 heterocycles. The molecule has 0 aliphatic carbocycles. The van der Waals surface area contributed by atoms with Crippen LogP contribution in [0.4, 0.5) is 0 Å². The standard InChI is InChI=1S/C20H14N2O5S/c1-22-12-8-15-16(26-7-6-25-15)10-18(12)28-20(22)21-19(24)17-9-13(23)11-4-2-3-5-14(11)27-17/h2-5,8-10H,6-7H2,1H3. The number of aryl methyl sites for hydroxylation is 1. The minimum absolute atomic E-state index is 0.0906. The predicted molar refractivity (Wildman–Crippen MR) is 104 cm³/mol. The third-order valence-electron chi connectivity index (χ3n) is 4.52. The van der Waals surface area contributed by atoms with Crippen molar-refractivity contribution in [1.82, 2.24) is 4.57 Å². The molecule has 28 heavy (non-hydrogen) atoms. The number of ether oxygens (including phenoxy) is 2. The molecular weight excluding hydrogens is 380 g/mol. The number of aromatic nitrogens is 1. The highest BCUT2D eigenvalue weighted by Crippen LogP contribution is 2.35. The monoisotopic (exact) mass is 394 g/mol. The van der Waals surface area contributed by atoms with Crippen molar-refractivity contribution in [1.29, 1.82) is 0 Å². The third-order valence-corrected chi connectivity index (χ3v) is 5.61. The normalized spacial score (nSPS) is 14.0. The van der Waals surface area contributed by atoms with Crippen molar-refractivity contribution >= 4 is 38.4 Å². The zero-order valence-electron chi connectivity index (χ0n) is 14.8. The van der Waals surface area contributed by atoms with Crippen LogP contribution in [0.1, 0.15) is 10.6 Å². The fraction of sp³-hybridized carbons (Fsp3) is 0.150. The maximum atomic E-state index is 12.6. The van der Waals surface area contributed by atoms with Crippen molar-refractivity contribution in [2.75, 3.05) is 13.2 Å². The lowest BCUT2D eigenvalue weighted by Crippen LogP contribution is -2.16. The molecule has 0 atom stereocenters. The van der Waals surface area contributed by atoms with Crippen molar-refractivity contribution in [2.24, 2.45) is 12.0 Å². The Balaban J connectivity index is 1.62. The van der Waals surface area contributed by atoms with Crippen molar-refractivity contribution in [3.05, 3.63) is 63.2 Å². The number of rotatable bonds is 1. The van der Waals surface area contributed by atoms with Gasteiger partial charge in [0.2, 0.25) is 0 Å². The zero-order chi connectivity index (χ0) is 19.3. The molecule has 1 amide bonds. The molecule has 7 nitrogen and oxygen atoms in total. The number of thiazole rings is 1. The first-order valence-corrected chi connectivity index (χ1v) is 9.43. The summed E-state index contributed by atoms with van der Waals surface area (Å²) in [6.07, 6.45) is 0. The Morgan fingerprint density at radius 3 is 2.68 bits per heavy atom. The SMILES string of the molecule is Cn1c(=NC(=O)c2cc(=O)c3ccccc3o2)sc2cc3c(cc21)OCCO3. The van der Waals surface area contributed by atoms with Gasteiger partial charge in [0, 0.05) is 25.2 Å². The summed E-state index contributed by atoms with van der Waals surface area (Å²) >= 11 is 1.35. The summed E-state index contributed by atoms with van der Waals surface area (Å²) < 4.78 is 19.5. The minimum Gasteiger partial charge on any atom is -0.486 e. The molecule has 2 aromatic heterocycles. The Morgan fingerprint density at radius 2 is 1.86 bits per heavy atom. The van der Waals surface area contributed by atoms with Gasteiger partial charge in [0.1, 0.15) is 18.8 Å². The predicted octanol–water partition coefficient (Wildman–Crippen LogP) is 2.86. The smallest absolute Gasteiger partial charge is 0.315 e. The van der Waals surface area contributed by atoms with Gasteiger partial charge in [-0.25, -0.2) is 0 Å². The highest BCUT2D eigenvalue weighted by Gasteiger charge is 2.16. The molecule has 4 aromatic rings. The minimum atomic E-state index is -0.609. The topological polar surface area (TPSA) is 83.0 Å². The van der Waals surface area contributed by atoms with Gasteiger partial charge in [0.15, 0.2) is 27.5 Å². The van der Waals surface area contributed by atoms with Crippen molar-refractivity contribution < 1.29 is 18.7 Å². The average Bonchev–Trinajstić information content (AvgIpc) is 3.01. The average molecular weight is 394 g/mol. The summed E-state index contributed by atoms with van der Waals surface area (Å²) in [5.41, 5.74) is 0.958. The van der Waals surface area contributed by atoms with Crippen LogP contribution in [0.25, 0.3) is 21.2 Å². The summed E-state index contributed by atoms with van der Waals surface area (Å²) in [6.45, 7) is 1.01. The molecule has 0 saturated carbocycles. The molecule has 0 saturated heterocycles. The van der Waals surface area contributed by atoms with E-state index in [1.54, 1.807) is 28.8 Å². The first-order chi connectivity index (χ1) is 13.6. The Bertz CT molecular complexity index is 1380. The van der Waals surface area contributed by atoms with E-state index in [2.05, 4.69) is 4.99 Å². The van der Waals surface area contributed by atoms with Gasteiger partial charge in [0.05, 0.1) is 15.6 Å². The number of hydrogen-bond acceptors (Lipinski definition) is 6. The van der Waals surface area contributed by atoms with Crippen LogP contribution in [0.3, 0.4) is 0 Å². The van der Waals surface area contributed by atoms with Crippen LogP contribution in [-0.4, -0.2) is 23.7 Å². The first kappa shape index (κ1) is 16.8. The maximum Gasteiger partial charge on any atom is 0.315 e. The van der Waals surface area contributed by atoms with Crippen LogP contribution in [-0.2, 0) is 7.05 Å². The molecule has 0 fully saturated rings. The van der Waals surface area contributed by atoms with Crippen molar-refractivity contribution in [3.8, 4) is 11.5 Å². The van der Waals surface area contributed by atoms with Gasteiger partial charge in [-0.1, -0.05) is 23.5 Å². The van der Waals surface area contributed by atoms with E-state index in [9.17, 15) is 9.59 Å². The van der Waals surface area contributed by atoms with E-state index in [1.807, 2.05) is 19.2 Å². The molecule has 0 unspecified atom stereocenters. The first-order valence-electron chi connectivity index (χ1n) is 8.61. The van der Waals surface area contributed by atoms with Crippen LogP contribution in [0.5, 0.6) is 11.5 Å². The number of carbonyl (C=O) groups is 1. The molecule has 5 rings (SSSR count). The lowest BCUT2D eigenvalue weighted by atomic mass is 10.2. The molecule has 0 bridgehead atoms. The van der Waals surface area contributed by atoms with Gasteiger partial charge >= 0.3 is 5.91 Å². The molecule has 0 radical (unpaired) electrons. The second kappa shape index (κ2) is 6.35. The van der Waals surface area contributed by atoms with Crippen LogP contribution in [0.15, 0.2) is 56.7 Å². The number of carbonyl (C=O) groups excluding carboxylic acids is 1. The van der Waals surface area contributed by atoms with E-state index in [1.165, 1.54) is 17.4 Å². The number of amides is 1. The van der Waals surface area contributed by atoms with Crippen molar-refractivity contribution in [2.45, 2.75) is 0 Å². The second-order valence-electron chi connectivity index (χ2n) is 6.30. The highest BCUT2D eigenvalue weighted by molar-refractivity contribution is 7.16. The van der Waals surface area contributed by atoms with E-state index in [-0.39, 0.29) is 11.2 Å². The molecule has 140 valence electrons. The molecule has 1 aliphatic heterocycles. The fourth-order valence-electron chi connectivity index (χ4n) is 3.12. The number of nitrogens with zero attached hydrogens (tertiary/aromatic N) is 2. The Labute approximate surface area is 162 Å². The highest BCUT2D eigenvalue weighted by atomic mass is 32.1. The third kappa shape index (κ3) is 2.69. The molecule has 0 spiro atoms. The van der Waals surface area contributed by atoms with Gasteiger partial charge in [-0.05, 0) is 12.1 Å². The lowest BCUT2D eigenvalue weighted by molar-refractivity contribution is 0.0972. The number of fused-ring (bicyclic) bond motifs is 3. The van der Waals surface area contributed by atoms with Gasteiger partial charge in [-0.3, -0.25) is 9.59 Å². The molecule has 8 heteroatoms. The summed E-state index contributed by atoms with van der Waals surface area (Å²) in [5, 5.41) is 0.428. The summed E-state index contributed by atoms with van der Waals surface area (Å²) in [6, 6.07) is 11.7. The van der Waals surface area contributed by atoms with Gasteiger partial charge < -0.3 is 18.5 Å². The molecular formula is C20H14N2O5S. The van der Waals surface area contributed by atoms with E-state index < -0.39 is 5.91 Å². The summed E-state index contributed by atoms with van der Waals surface area (Å²) in [7, 11) is 1.82. The lowest BCUT2D eigenvalue weighted by Gasteiger charge is -2.18. The van der Waals surface area contributed by atoms with Crippen LogP contribution >= 0.6 is 11.3 Å². The van der Waals surface area contributed by atoms with Gasteiger partial charge in [-0.15, -0.1) is 0 Å². The molecule has 0 N–H and O–H groups in total. The van der Waals surface area contributed by atoms with E-state index in [0.29, 0.717) is 40.5 Å². The molecule has 2 aromatic carbocycles. The number of para-hydroxylation sites is 1. The van der Waals surface area contributed by atoms with Gasteiger partial charge in [-0.2, -0.15) is 4.99 Å². The van der Waals surface area contributed by atoms with Crippen LogP contribution < -0.4 is 19.7 Å². The maximum absolute atomic E-state index is 12.6. The number of hydrogen-bond donors (Lipinski definition) is 0. The van der Waals surface area contributed by atoms with Gasteiger partial charge in [0.25, 0.3) is 0 Å². The summed E-state index contributed by atoms with van der Waals surface area (Å²) in [5.74, 6) is 0.652. The number of benzene rings is 2. The van der Waals surface area contributed by atoms with Crippen molar-refractivity contribution in [3.63, 3.8) is 0 Å². The van der Waals surface area contributed by atoms with Crippen LogP contribution in [0, 0.1) is 0 Å². The van der Waals surface area contributed by atoms with E-state index in [0.717, 1.165) is 10.2 Å². The fourth-order valence-corrected chi connectivity index (χ4v) is 4.15. The van der Waals surface area contributed by atoms with Crippen LogP contribution in [0.2, 0.25) is 0 Å². The summed E-state index contributed by atoms with van der Waals surface area (Å²) in [4.78, 5) is 29.5. The zero-order valence-corrected chi connectivity index (χ0v) is 15.6. The quantitative estimate of drug-likeness (QED) is 0.496. The Kier molecular flexibility index (Phi) is 3.80. The Hall–Kier alpha value is -3.39. The second-order valence-corrected chi connectivity index (χ2v) is 7.30. The largest absolute Gasteiger partial charge is 0.486 e.